The summed E-state index contributed by atoms with van der Waals surface area (Å²) in [5.74, 6) is 0. The van der Waals surface area contributed by atoms with E-state index in [1.165, 1.54) is 59.0 Å². The van der Waals surface area contributed by atoms with Crippen LogP contribution in [0.1, 0.15) is 30.4 Å². The molecule has 0 spiro atoms. The first-order chi connectivity index (χ1) is 10.9. The standard InChI is InChI=1S/C20H21NS/c1-3-11-19-17(8-1)16(10-7-15-21-13-5-6-14-21)18-9-2-4-12-20(18)22-19/h1-4,8-12H,5-7,13-15H2. The van der Waals surface area contributed by atoms with Gasteiger partial charge in [-0.25, -0.2) is 0 Å². The second kappa shape index (κ2) is 6.31. The predicted molar refractivity (Wildman–Crippen MR) is 94.4 cm³/mol. The Morgan fingerprint density at radius 3 is 2.09 bits per heavy atom. The minimum atomic E-state index is 1.14. The van der Waals surface area contributed by atoms with E-state index in [4.69, 9.17) is 0 Å². The molecule has 0 atom stereocenters. The molecule has 0 bridgehead atoms. The molecule has 0 N–H and O–H groups in total. The van der Waals surface area contributed by atoms with Gasteiger partial charge in [0.1, 0.15) is 0 Å². The topological polar surface area (TPSA) is 3.24 Å². The highest BCUT2D eigenvalue weighted by atomic mass is 32.2. The Labute approximate surface area is 137 Å². The van der Waals surface area contributed by atoms with Gasteiger partial charge in [0.25, 0.3) is 0 Å². The van der Waals surface area contributed by atoms with E-state index in [0.717, 1.165) is 6.42 Å². The Balaban J connectivity index is 1.65. The first kappa shape index (κ1) is 14.1. The number of rotatable bonds is 3. The molecule has 2 aromatic carbocycles. The van der Waals surface area contributed by atoms with E-state index in [9.17, 15) is 0 Å². The van der Waals surface area contributed by atoms with Gasteiger partial charge in [-0.2, -0.15) is 0 Å². The lowest BCUT2D eigenvalue weighted by atomic mass is 9.96. The minimum absolute atomic E-state index is 1.14. The third kappa shape index (κ3) is 2.73. The van der Waals surface area contributed by atoms with E-state index < -0.39 is 0 Å². The molecule has 0 amide bonds. The van der Waals surface area contributed by atoms with E-state index in [2.05, 4.69) is 59.5 Å². The summed E-state index contributed by atoms with van der Waals surface area (Å²) in [5, 5.41) is 0. The zero-order valence-corrected chi connectivity index (χ0v) is 13.6. The molecule has 112 valence electrons. The van der Waals surface area contributed by atoms with E-state index in [-0.39, 0.29) is 0 Å². The van der Waals surface area contributed by atoms with Crippen LogP contribution in [-0.2, 0) is 0 Å². The number of benzene rings is 2. The fourth-order valence-corrected chi connectivity index (χ4v) is 4.54. The van der Waals surface area contributed by atoms with Crippen molar-refractivity contribution in [1.82, 2.24) is 4.90 Å². The molecule has 2 heterocycles. The quantitative estimate of drug-likeness (QED) is 0.664. The summed E-state index contributed by atoms with van der Waals surface area (Å²) in [6, 6.07) is 17.6. The van der Waals surface area contributed by atoms with E-state index in [0.29, 0.717) is 0 Å². The van der Waals surface area contributed by atoms with Crippen molar-refractivity contribution < 1.29 is 0 Å². The van der Waals surface area contributed by atoms with Crippen molar-refractivity contribution in [2.24, 2.45) is 0 Å². The van der Waals surface area contributed by atoms with Crippen LogP contribution in [0.25, 0.3) is 5.57 Å². The predicted octanol–water partition coefficient (Wildman–Crippen LogP) is 5.07. The maximum Gasteiger partial charge on any atom is 0.0201 e. The van der Waals surface area contributed by atoms with Crippen LogP contribution in [0.4, 0.5) is 0 Å². The van der Waals surface area contributed by atoms with Gasteiger partial charge in [0.05, 0.1) is 0 Å². The van der Waals surface area contributed by atoms with Crippen LogP contribution in [0, 0.1) is 0 Å². The van der Waals surface area contributed by atoms with Crippen molar-refractivity contribution >= 4 is 17.3 Å². The van der Waals surface area contributed by atoms with Gasteiger partial charge in [-0.05, 0) is 61.2 Å². The molecule has 0 aliphatic carbocycles. The highest BCUT2D eigenvalue weighted by Gasteiger charge is 2.19. The monoisotopic (exact) mass is 307 g/mol. The highest BCUT2D eigenvalue weighted by Crippen LogP contribution is 2.45. The molecule has 4 rings (SSSR count). The van der Waals surface area contributed by atoms with E-state index >= 15 is 0 Å². The Bertz CT molecular complexity index is 651. The van der Waals surface area contributed by atoms with Crippen molar-refractivity contribution in [3.05, 3.63) is 65.7 Å². The van der Waals surface area contributed by atoms with Crippen molar-refractivity contribution in [3.63, 3.8) is 0 Å². The van der Waals surface area contributed by atoms with Crippen LogP contribution in [0.2, 0.25) is 0 Å². The Hall–Kier alpha value is -1.51. The van der Waals surface area contributed by atoms with Crippen LogP contribution < -0.4 is 0 Å². The Kier molecular flexibility index (Phi) is 4.05. The van der Waals surface area contributed by atoms with Crippen LogP contribution in [0.15, 0.2) is 64.4 Å². The molecule has 0 unspecified atom stereocenters. The average Bonchev–Trinajstić information content (AvgIpc) is 3.07. The molecule has 0 aromatic heterocycles. The summed E-state index contributed by atoms with van der Waals surface area (Å²) in [4.78, 5) is 5.36. The van der Waals surface area contributed by atoms with Crippen molar-refractivity contribution in [3.8, 4) is 0 Å². The molecule has 2 aliphatic rings. The van der Waals surface area contributed by atoms with Crippen LogP contribution >= 0.6 is 11.8 Å². The number of hydrogen-bond acceptors (Lipinski definition) is 2. The van der Waals surface area contributed by atoms with Crippen molar-refractivity contribution in [1.29, 1.82) is 0 Å². The molecule has 1 nitrogen and oxygen atoms in total. The fourth-order valence-electron chi connectivity index (χ4n) is 3.44. The number of hydrogen-bond donors (Lipinski definition) is 0. The first-order valence-electron chi connectivity index (χ1n) is 8.21. The fraction of sp³-hybridized carbons (Fsp3) is 0.300. The molecule has 1 saturated heterocycles. The largest absolute Gasteiger partial charge is 0.303 e. The maximum atomic E-state index is 2.59. The van der Waals surface area contributed by atoms with E-state index in [1.54, 1.807) is 0 Å². The molecule has 2 heteroatoms. The minimum Gasteiger partial charge on any atom is -0.303 e. The molecule has 0 saturated carbocycles. The smallest absolute Gasteiger partial charge is 0.0201 e. The van der Waals surface area contributed by atoms with Gasteiger partial charge in [0.15, 0.2) is 0 Å². The zero-order chi connectivity index (χ0) is 14.8. The van der Waals surface area contributed by atoms with Gasteiger partial charge in [-0.1, -0.05) is 54.2 Å². The summed E-state index contributed by atoms with van der Waals surface area (Å²) in [6.45, 7) is 3.76. The summed E-state index contributed by atoms with van der Waals surface area (Å²) in [6.07, 6.45) is 6.34. The molecule has 0 radical (unpaired) electrons. The zero-order valence-electron chi connectivity index (χ0n) is 12.8. The molecule has 2 aromatic rings. The van der Waals surface area contributed by atoms with Gasteiger partial charge >= 0.3 is 0 Å². The van der Waals surface area contributed by atoms with Crippen molar-refractivity contribution in [2.45, 2.75) is 29.1 Å². The van der Waals surface area contributed by atoms with Gasteiger partial charge in [0, 0.05) is 16.3 Å². The highest BCUT2D eigenvalue weighted by molar-refractivity contribution is 7.99. The normalized spacial score (nSPS) is 17.2. The van der Waals surface area contributed by atoms with Crippen LogP contribution in [0.5, 0.6) is 0 Å². The molecule has 1 fully saturated rings. The lowest BCUT2D eigenvalue weighted by molar-refractivity contribution is 0.346. The average molecular weight is 307 g/mol. The number of nitrogens with zero attached hydrogens (tertiary/aromatic N) is 1. The first-order valence-corrected chi connectivity index (χ1v) is 9.03. The number of fused-ring (bicyclic) bond motifs is 2. The van der Waals surface area contributed by atoms with E-state index in [1.807, 2.05) is 11.8 Å². The molecule has 22 heavy (non-hydrogen) atoms. The molecular weight excluding hydrogens is 286 g/mol. The summed E-state index contributed by atoms with van der Waals surface area (Å²) >= 11 is 1.89. The summed E-state index contributed by atoms with van der Waals surface area (Å²) in [7, 11) is 0. The van der Waals surface area contributed by atoms with Gasteiger partial charge in [-0.3, -0.25) is 0 Å². The lowest BCUT2D eigenvalue weighted by Crippen LogP contribution is -2.19. The van der Waals surface area contributed by atoms with Crippen LogP contribution in [0.3, 0.4) is 0 Å². The maximum absolute atomic E-state index is 2.59. The summed E-state index contributed by atoms with van der Waals surface area (Å²) < 4.78 is 0. The van der Waals surface area contributed by atoms with Gasteiger partial charge in [-0.15, -0.1) is 0 Å². The third-order valence-corrected chi connectivity index (χ3v) is 5.72. The van der Waals surface area contributed by atoms with Crippen molar-refractivity contribution in [2.75, 3.05) is 19.6 Å². The summed E-state index contributed by atoms with van der Waals surface area (Å²) in [5.41, 5.74) is 4.21. The Morgan fingerprint density at radius 1 is 0.864 bits per heavy atom. The van der Waals surface area contributed by atoms with Gasteiger partial charge < -0.3 is 4.90 Å². The molecule has 2 aliphatic heterocycles. The molecular formula is C20H21NS. The van der Waals surface area contributed by atoms with Gasteiger partial charge in [0.2, 0.25) is 0 Å². The Morgan fingerprint density at radius 2 is 1.45 bits per heavy atom. The second-order valence-corrected chi connectivity index (χ2v) is 7.13. The lowest BCUT2D eigenvalue weighted by Gasteiger charge is -2.22. The number of likely N-dealkylation sites (tertiary alicyclic amines) is 1. The third-order valence-electron chi connectivity index (χ3n) is 4.57. The second-order valence-electron chi connectivity index (χ2n) is 6.05. The van der Waals surface area contributed by atoms with Crippen LogP contribution in [-0.4, -0.2) is 24.5 Å². The SMILES string of the molecule is C(CCN1CCCC1)=C1c2ccccc2Sc2ccccc21.